The topological polar surface area (TPSA) is 52.6 Å². The average Bonchev–Trinajstić information content (AvgIpc) is 2.15. The van der Waals surface area contributed by atoms with Crippen molar-refractivity contribution in [3.05, 3.63) is 12.2 Å². The van der Waals surface area contributed by atoms with Crippen molar-refractivity contribution in [2.45, 2.75) is 39.7 Å². The number of esters is 2. The molecule has 0 aliphatic rings. The van der Waals surface area contributed by atoms with E-state index in [4.69, 9.17) is 4.74 Å². The maximum atomic E-state index is 11.1. The van der Waals surface area contributed by atoms with Crippen molar-refractivity contribution in [3.8, 4) is 0 Å². The standard InChI is InChI=1S/C11H18O4/c1-4-6-9(3)15-11(13)8-7-10(12)14-5-2/h7-9H,4-6H2,1-3H3/b8-7+. The van der Waals surface area contributed by atoms with Crippen molar-refractivity contribution >= 4 is 11.9 Å². The lowest BCUT2D eigenvalue weighted by Crippen LogP contribution is -2.13. The molecule has 86 valence electrons. The van der Waals surface area contributed by atoms with Crippen molar-refractivity contribution in [2.24, 2.45) is 0 Å². The van der Waals surface area contributed by atoms with E-state index >= 15 is 0 Å². The first kappa shape index (κ1) is 13.7. The van der Waals surface area contributed by atoms with Gasteiger partial charge in [-0.3, -0.25) is 0 Å². The molecular formula is C11H18O4. The third-order valence-corrected chi connectivity index (χ3v) is 1.65. The summed E-state index contributed by atoms with van der Waals surface area (Å²) in [5.74, 6) is -1.04. The summed E-state index contributed by atoms with van der Waals surface area (Å²) in [5, 5.41) is 0. The maximum Gasteiger partial charge on any atom is 0.331 e. The molecule has 4 nitrogen and oxygen atoms in total. The Balaban J connectivity index is 3.87. The van der Waals surface area contributed by atoms with E-state index in [1.807, 2.05) is 13.8 Å². The molecule has 0 aliphatic heterocycles. The molecule has 0 radical (unpaired) electrons. The van der Waals surface area contributed by atoms with Crippen LogP contribution in [0.1, 0.15) is 33.6 Å². The van der Waals surface area contributed by atoms with Crippen molar-refractivity contribution in [1.82, 2.24) is 0 Å². The summed E-state index contributed by atoms with van der Waals surface area (Å²) in [6.07, 6.45) is 3.82. The van der Waals surface area contributed by atoms with Gasteiger partial charge < -0.3 is 9.47 Å². The predicted molar refractivity (Wildman–Crippen MR) is 56.2 cm³/mol. The second-order valence-electron chi connectivity index (χ2n) is 3.12. The van der Waals surface area contributed by atoms with Gasteiger partial charge in [0.25, 0.3) is 0 Å². The fourth-order valence-corrected chi connectivity index (χ4v) is 1.03. The van der Waals surface area contributed by atoms with E-state index < -0.39 is 11.9 Å². The number of ether oxygens (including phenoxy) is 2. The summed E-state index contributed by atoms with van der Waals surface area (Å²) in [4.78, 5) is 22.0. The zero-order chi connectivity index (χ0) is 11.7. The SMILES string of the molecule is CCCC(C)OC(=O)/C=C/C(=O)OCC. The summed E-state index contributed by atoms with van der Waals surface area (Å²) < 4.78 is 9.60. The van der Waals surface area contributed by atoms with E-state index in [0.29, 0.717) is 6.61 Å². The Morgan fingerprint density at radius 3 is 2.33 bits per heavy atom. The number of carbonyl (C=O) groups excluding carboxylic acids is 2. The van der Waals surface area contributed by atoms with Gasteiger partial charge in [0.15, 0.2) is 0 Å². The second-order valence-corrected chi connectivity index (χ2v) is 3.12. The average molecular weight is 214 g/mol. The molecule has 0 saturated carbocycles. The van der Waals surface area contributed by atoms with Gasteiger partial charge in [-0.25, -0.2) is 9.59 Å². The van der Waals surface area contributed by atoms with Gasteiger partial charge in [0.05, 0.1) is 12.7 Å². The predicted octanol–water partition coefficient (Wildman–Crippen LogP) is 1.84. The molecule has 0 bridgehead atoms. The van der Waals surface area contributed by atoms with Gasteiger partial charge in [-0.05, 0) is 20.3 Å². The molecule has 0 fully saturated rings. The van der Waals surface area contributed by atoms with Crippen LogP contribution in [0.5, 0.6) is 0 Å². The van der Waals surface area contributed by atoms with Crippen LogP contribution in [-0.2, 0) is 19.1 Å². The maximum absolute atomic E-state index is 11.1. The monoisotopic (exact) mass is 214 g/mol. The normalized spacial score (nSPS) is 12.5. The Kier molecular flexibility index (Phi) is 7.32. The number of hydrogen-bond acceptors (Lipinski definition) is 4. The minimum absolute atomic E-state index is 0.116. The van der Waals surface area contributed by atoms with Gasteiger partial charge in [0.1, 0.15) is 0 Å². The van der Waals surface area contributed by atoms with Crippen molar-refractivity contribution < 1.29 is 19.1 Å². The molecule has 0 rings (SSSR count). The van der Waals surface area contributed by atoms with Gasteiger partial charge in [-0.2, -0.15) is 0 Å². The van der Waals surface area contributed by atoms with Crippen LogP contribution in [0.2, 0.25) is 0 Å². The lowest BCUT2D eigenvalue weighted by molar-refractivity contribution is -0.143. The van der Waals surface area contributed by atoms with Crippen LogP contribution in [0.15, 0.2) is 12.2 Å². The van der Waals surface area contributed by atoms with Crippen LogP contribution in [-0.4, -0.2) is 24.6 Å². The quantitative estimate of drug-likeness (QED) is 0.500. The van der Waals surface area contributed by atoms with Crippen molar-refractivity contribution in [1.29, 1.82) is 0 Å². The molecule has 0 saturated heterocycles. The van der Waals surface area contributed by atoms with E-state index in [9.17, 15) is 9.59 Å². The zero-order valence-electron chi connectivity index (χ0n) is 9.49. The second kappa shape index (κ2) is 8.03. The first-order valence-corrected chi connectivity index (χ1v) is 5.15. The molecule has 0 amide bonds. The Morgan fingerprint density at radius 1 is 1.20 bits per heavy atom. The fourth-order valence-electron chi connectivity index (χ4n) is 1.03. The Hall–Kier alpha value is -1.32. The Labute approximate surface area is 90.2 Å². The van der Waals surface area contributed by atoms with Crippen LogP contribution in [0.25, 0.3) is 0 Å². The molecule has 0 spiro atoms. The Bertz CT molecular complexity index is 233. The van der Waals surface area contributed by atoms with E-state index in [1.54, 1.807) is 6.92 Å². The summed E-state index contributed by atoms with van der Waals surface area (Å²) in [7, 11) is 0. The van der Waals surface area contributed by atoms with Crippen LogP contribution >= 0.6 is 0 Å². The van der Waals surface area contributed by atoms with E-state index in [0.717, 1.165) is 25.0 Å². The van der Waals surface area contributed by atoms with Gasteiger partial charge >= 0.3 is 11.9 Å². The molecule has 15 heavy (non-hydrogen) atoms. The van der Waals surface area contributed by atoms with Crippen LogP contribution in [0.4, 0.5) is 0 Å². The number of rotatable bonds is 6. The molecule has 0 aromatic heterocycles. The lowest BCUT2D eigenvalue weighted by atomic mass is 10.2. The molecule has 1 unspecified atom stereocenters. The zero-order valence-corrected chi connectivity index (χ0v) is 9.49. The molecular weight excluding hydrogens is 196 g/mol. The summed E-state index contributed by atoms with van der Waals surface area (Å²) in [6.45, 7) is 5.83. The minimum atomic E-state index is -0.530. The Morgan fingerprint density at radius 2 is 1.80 bits per heavy atom. The highest BCUT2D eigenvalue weighted by atomic mass is 16.5. The van der Waals surface area contributed by atoms with Crippen LogP contribution < -0.4 is 0 Å². The molecule has 0 aromatic carbocycles. The van der Waals surface area contributed by atoms with Crippen LogP contribution in [0, 0.1) is 0 Å². The highest BCUT2D eigenvalue weighted by Crippen LogP contribution is 2.01. The summed E-state index contributed by atoms with van der Waals surface area (Å²) in [6, 6.07) is 0. The fraction of sp³-hybridized carbons (Fsp3) is 0.636. The molecule has 0 aliphatic carbocycles. The smallest absolute Gasteiger partial charge is 0.331 e. The lowest BCUT2D eigenvalue weighted by Gasteiger charge is -2.09. The van der Waals surface area contributed by atoms with E-state index in [2.05, 4.69) is 4.74 Å². The molecule has 0 aromatic rings. The number of hydrogen-bond donors (Lipinski definition) is 0. The molecule has 0 N–H and O–H groups in total. The minimum Gasteiger partial charge on any atom is -0.463 e. The molecule has 0 heterocycles. The van der Waals surface area contributed by atoms with Gasteiger partial charge in [0.2, 0.25) is 0 Å². The third kappa shape index (κ3) is 7.73. The highest BCUT2D eigenvalue weighted by Gasteiger charge is 2.05. The van der Waals surface area contributed by atoms with Crippen LogP contribution in [0.3, 0.4) is 0 Å². The first-order chi connectivity index (χ1) is 7.10. The van der Waals surface area contributed by atoms with E-state index in [-0.39, 0.29) is 6.10 Å². The summed E-state index contributed by atoms with van der Waals surface area (Å²) in [5.41, 5.74) is 0. The van der Waals surface area contributed by atoms with E-state index in [1.165, 1.54) is 0 Å². The summed E-state index contributed by atoms with van der Waals surface area (Å²) >= 11 is 0. The van der Waals surface area contributed by atoms with Gasteiger partial charge in [-0.15, -0.1) is 0 Å². The van der Waals surface area contributed by atoms with Crippen molar-refractivity contribution in [2.75, 3.05) is 6.61 Å². The third-order valence-electron chi connectivity index (χ3n) is 1.65. The molecule has 1 atom stereocenters. The van der Waals surface area contributed by atoms with Crippen molar-refractivity contribution in [3.63, 3.8) is 0 Å². The number of carbonyl (C=O) groups is 2. The molecule has 4 heteroatoms. The van der Waals surface area contributed by atoms with Gasteiger partial charge in [0, 0.05) is 12.2 Å². The largest absolute Gasteiger partial charge is 0.463 e. The first-order valence-electron chi connectivity index (χ1n) is 5.15. The van der Waals surface area contributed by atoms with Gasteiger partial charge in [-0.1, -0.05) is 13.3 Å². The highest BCUT2D eigenvalue weighted by molar-refractivity contribution is 5.91.